The van der Waals surface area contributed by atoms with Crippen LogP contribution < -0.4 is 5.56 Å². The minimum atomic E-state index is -0.335. The molecule has 0 aliphatic heterocycles. The zero-order valence-electron chi connectivity index (χ0n) is 17.6. The van der Waals surface area contributed by atoms with E-state index in [1.54, 1.807) is 4.57 Å². The van der Waals surface area contributed by atoms with Gasteiger partial charge in [0, 0.05) is 17.3 Å². The van der Waals surface area contributed by atoms with Crippen molar-refractivity contribution in [3.05, 3.63) is 57.0 Å². The molecule has 0 spiro atoms. The third kappa shape index (κ3) is 4.20. The van der Waals surface area contributed by atoms with Gasteiger partial charge >= 0.3 is 0 Å². The second kappa shape index (κ2) is 8.20. The van der Waals surface area contributed by atoms with Crippen LogP contribution in [0, 0.1) is 0 Å². The number of benzene rings is 1. The summed E-state index contributed by atoms with van der Waals surface area (Å²) in [6.07, 6.45) is 0.614. The third-order valence-electron chi connectivity index (χ3n) is 5.23. The van der Waals surface area contributed by atoms with E-state index in [0.29, 0.717) is 17.7 Å². The lowest BCUT2D eigenvalue weighted by molar-refractivity contribution is 0.430. The smallest absolute Gasteiger partial charge is 0.293 e. The van der Waals surface area contributed by atoms with Gasteiger partial charge in [0.15, 0.2) is 5.75 Å². The highest BCUT2D eigenvalue weighted by Crippen LogP contribution is 2.35. The number of aromatic hydroxyl groups is 2. The van der Waals surface area contributed by atoms with Crippen molar-refractivity contribution in [1.29, 1.82) is 0 Å². The maximum absolute atomic E-state index is 12.7. The standard InChI is InChI=1S/C23H33NO3/c1-13(2)18-9-8-10-19(21(18)25)16(7)11-17-12-20(14(3)4)22(26)23(27)24(17)15(5)6/h8-10,12-16,25-26H,11H2,1-7H3. The lowest BCUT2D eigenvalue weighted by atomic mass is 9.89. The van der Waals surface area contributed by atoms with Crippen LogP contribution in [0.5, 0.6) is 11.5 Å². The van der Waals surface area contributed by atoms with Crippen LogP contribution >= 0.6 is 0 Å². The molecule has 1 unspecified atom stereocenters. The first-order valence-corrected chi connectivity index (χ1v) is 9.85. The van der Waals surface area contributed by atoms with Crippen LogP contribution in [0.1, 0.15) is 94.6 Å². The van der Waals surface area contributed by atoms with Gasteiger partial charge in [0.1, 0.15) is 5.75 Å². The van der Waals surface area contributed by atoms with Gasteiger partial charge < -0.3 is 14.8 Å². The van der Waals surface area contributed by atoms with Crippen LogP contribution in [0.15, 0.2) is 29.1 Å². The Labute approximate surface area is 162 Å². The van der Waals surface area contributed by atoms with Crippen molar-refractivity contribution in [2.45, 2.75) is 78.7 Å². The molecule has 1 heterocycles. The summed E-state index contributed by atoms with van der Waals surface area (Å²) < 4.78 is 1.67. The molecule has 2 aromatic rings. The van der Waals surface area contributed by atoms with Crippen molar-refractivity contribution in [3.8, 4) is 11.5 Å². The van der Waals surface area contributed by atoms with Crippen molar-refractivity contribution in [2.24, 2.45) is 0 Å². The normalized spacial score (nSPS) is 13.0. The summed E-state index contributed by atoms with van der Waals surface area (Å²) in [7, 11) is 0. The number of para-hydroxylation sites is 1. The van der Waals surface area contributed by atoms with Gasteiger partial charge in [-0.1, -0.05) is 52.8 Å². The van der Waals surface area contributed by atoms with Crippen molar-refractivity contribution in [1.82, 2.24) is 4.57 Å². The number of nitrogens with zero attached hydrogens (tertiary/aromatic N) is 1. The monoisotopic (exact) mass is 371 g/mol. The van der Waals surface area contributed by atoms with E-state index < -0.39 is 0 Å². The quantitative estimate of drug-likeness (QED) is 0.711. The number of phenols is 1. The topological polar surface area (TPSA) is 62.5 Å². The maximum Gasteiger partial charge on any atom is 0.293 e. The molecule has 2 N–H and O–H groups in total. The summed E-state index contributed by atoms with van der Waals surface area (Å²) in [5.41, 5.74) is 3.06. The lowest BCUT2D eigenvalue weighted by Crippen LogP contribution is -2.27. The molecule has 2 rings (SSSR count). The number of phenolic OH excluding ortho intramolecular Hbond substituents is 1. The zero-order chi connectivity index (χ0) is 20.5. The molecule has 1 aromatic heterocycles. The van der Waals surface area contributed by atoms with Crippen LogP contribution in [0.25, 0.3) is 0 Å². The van der Waals surface area contributed by atoms with E-state index in [2.05, 4.69) is 20.8 Å². The Balaban J connectivity index is 2.54. The predicted molar refractivity (Wildman–Crippen MR) is 111 cm³/mol. The molecule has 0 aliphatic carbocycles. The average Bonchev–Trinajstić information content (AvgIpc) is 2.57. The van der Waals surface area contributed by atoms with Crippen molar-refractivity contribution >= 4 is 0 Å². The van der Waals surface area contributed by atoms with Gasteiger partial charge in [-0.2, -0.15) is 0 Å². The van der Waals surface area contributed by atoms with Crippen molar-refractivity contribution < 1.29 is 10.2 Å². The van der Waals surface area contributed by atoms with Gasteiger partial charge in [-0.3, -0.25) is 4.79 Å². The van der Waals surface area contributed by atoms with Crippen molar-refractivity contribution in [3.63, 3.8) is 0 Å². The van der Waals surface area contributed by atoms with Gasteiger partial charge in [0.25, 0.3) is 5.56 Å². The Morgan fingerprint density at radius 2 is 1.41 bits per heavy atom. The molecular formula is C23H33NO3. The van der Waals surface area contributed by atoms with Crippen LogP contribution in [-0.2, 0) is 6.42 Å². The number of hydrogen-bond donors (Lipinski definition) is 2. The molecule has 0 aliphatic rings. The van der Waals surface area contributed by atoms with Gasteiger partial charge in [-0.15, -0.1) is 0 Å². The largest absolute Gasteiger partial charge is 0.507 e. The summed E-state index contributed by atoms with van der Waals surface area (Å²) >= 11 is 0. The molecule has 0 bridgehead atoms. The van der Waals surface area contributed by atoms with E-state index in [9.17, 15) is 15.0 Å². The summed E-state index contributed by atoms with van der Waals surface area (Å²) in [5.74, 6) is 0.539. The maximum atomic E-state index is 12.7. The summed E-state index contributed by atoms with van der Waals surface area (Å²) in [4.78, 5) is 12.7. The summed E-state index contributed by atoms with van der Waals surface area (Å²) in [5, 5.41) is 21.1. The molecule has 27 heavy (non-hydrogen) atoms. The molecule has 4 nitrogen and oxygen atoms in total. The van der Waals surface area contributed by atoms with E-state index in [1.165, 1.54) is 0 Å². The highest BCUT2D eigenvalue weighted by Gasteiger charge is 2.21. The van der Waals surface area contributed by atoms with E-state index in [1.807, 2.05) is 52.0 Å². The molecule has 148 valence electrons. The molecule has 1 aromatic carbocycles. The van der Waals surface area contributed by atoms with E-state index in [4.69, 9.17) is 0 Å². The molecule has 4 heteroatoms. The Hall–Kier alpha value is -2.23. The second-order valence-corrected chi connectivity index (χ2v) is 8.41. The van der Waals surface area contributed by atoms with Crippen LogP contribution in [-0.4, -0.2) is 14.8 Å². The first kappa shape index (κ1) is 21.1. The zero-order valence-corrected chi connectivity index (χ0v) is 17.6. The summed E-state index contributed by atoms with van der Waals surface area (Å²) in [6.45, 7) is 14.0. The molecule has 0 fully saturated rings. The van der Waals surface area contributed by atoms with E-state index in [0.717, 1.165) is 16.8 Å². The number of rotatable bonds is 6. The van der Waals surface area contributed by atoms with Gasteiger partial charge in [-0.05, 0) is 55.2 Å². The SMILES string of the molecule is CC(C)c1cccc(C(C)Cc2cc(C(C)C)c(O)c(=O)n2C(C)C)c1O. The van der Waals surface area contributed by atoms with E-state index >= 15 is 0 Å². The molecule has 0 radical (unpaired) electrons. The fraction of sp³-hybridized carbons (Fsp3) is 0.522. The predicted octanol–water partition coefficient (Wildman–Crippen LogP) is 5.43. The first-order valence-electron chi connectivity index (χ1n) is 9.85. The average molecular weight is 372 g/mol. The number of pyridine rings is 1. The van der Waals surface area contributed by atoms with Gasteiger partial charge in [0.2, 0.25) is 0 Å². The molecule has 0 saturated heterocycles. The minimum absolute atomic E-state index is 0.0395. The number of aromatic nitrogens is 1. The van der Waals surface area contributed by atoms with Crippen molar-refractivity contribution in [2.75, 3.05) is 0 Å². The Morgan fingerprint density at radius 1 is 0.852 bits per heavy atom. The van der Waals surface area contributed by atoms with Crippen LogP contribution in [0.4, 0.5) is 0 Å². The van der Waals surface area contributed by atoms with Gasteiger partial charge in [0.05, 0.1) is 0 Å². The molecule has 0 amide bonds. The third-order valence-corrected chi connectivity index (χ3v) is 5.23. The Kier molecular flexibility index (Phi) is 6.40. The highest BCUT2D eigenvalue weighted by atomic mass is 16.3. The second-order valence-electron chi connectivity index (χ2n) is 8.41. The minimum Gasteiger partial charge on any atom is -0.507 e. The highest BCUT2D eigenvalue weighted by molar-refractivity contribution is 5.44. The van der Waals surface area contributed by atoms with Gasteiger partial charge in [-0.25, -0.2) is 0 Å². The number of hydrogen-bond acceptors (Lipinski definition) is 3. The van der Waals surface area contributed by atoms with E-state index in [-0.39, 0.29) is 35.1 Å². The lowest BCUT2D eigenvalue weighted by Gasteiger charge is -2.23. The summed E-state index contributed by atoms with van der Waals surface area (Å²) in [6, 6.07) is 7.78. The molecule has 0 saturated carbocycles. The molecular weight excluding hydrogens is 338 g/mol. The fourth-order valence-electron chi connectivity index (χ4n) is 3.72. The first-order chi connectivity index (χ1) is 12.6. The Morgan fingerprint density at radius 3 is 1.93 bits per heavy atom. The fourth-order valence-corrected chi connectivity index (χ4v) is 3.72. The van der Waals surface area contributed by atoms with Crippen LogP contribution in [0.3, 0.4) is 0 Å². The molecule has 1 atom stereocenters. The van der Waals surface area contributed by atoms with Crippen LogP contribution in [0.2, 0.25) is 0 Å². The Bertz CT molecular complexity index is 863.